The van der Waals surface area contributed by atoms with E-state index in [0.717, 1.165) is 16.8 Å². The summed E-state index contributed by atoms with van der Waals surface area (Å²) in [5.41, 5.74) is 5.65. The van der Waals surface area contributed by atoms with Gasteiger partial charge in [0.1, 0.15) is 11.5 Å². The number of phenolic OH excluding ortho intramolecular Hbond substituents is 1. The Balaban J connectivity index is 1.70. The molecule has 0 spiro atoms. The van der Waals surface area contributed by atoms with Crippen LogP contribution < -0.4 is 10.2 Å². The highest BCUT2D eigenvalue weighted by Crippen LogP contribution is 2.25. The fourth-order valence-corrected chi connectivity index (χ4v) is 2.70. The summed E-state index contributed by atoms with van der Waals surface area (Å²) in [5.74, 6) is 0.707. The molecule has 3 aromatic rings. The molecule has 1 heterocycles. The van der Waals surface area contributed by atoms with Gasteiger partial charge in [0.2, 0.25) is 5.13 Å². The molecule has 0 saturated carbocycles. The number of ether oxygens (including phenoxy) is 1. The molecule has 3 rings (SSSR count). The molecule has 6 heteroatoms. The SMILES string of the molecule is COc1cc(O)ccc1C=NNc1nc(-c2ccccc2)cs1. The Labute approximate surface area is 137 Å². The summed E-state index contributed by atoms with van der Waals surface area (Å²) in [5, 5.41) is 16.3. The lowest BCUT2D eigenvalue weighted by atomic mass is 10.2. The number of anilines is 1. The van der Waals surface area contributed by atoms with E-state index in [1.165, 1.54) is 17.4 Å². The summed E-state index contributed by atoms with van der Waals surface area (Å²) in [6.07, 6.45) is 1.63. The fourth-order valence-electron chi connectivity index (χ4n) is 2.03. The monoisotopic (exact) mass is 325 g/mol. The predicted molar refractivity (Wildman–Crippen MR) is 93.4 cm³/mol. The third-order valence-corrected chi connectivity index (χ3v) is 3.90. The van der Waals surface area contributed by atoms with Gasteiger partial charge in [-0.2, -0.15) is 5.10 Å². The van der Waals surface area contributed by atoms with E-state index >= 15 is 0 Å². The van der Waals surface area contributed by atoms with Gasteiger partial charge in [-0.25, -0.2) is 4.98 Å². The number of hydrogen-bond acceptors (Lipinski definition) is 6. The molecule has 0 aliphatic carbocycles. The van der Waals surface area contributed by atoms with Gasteiger partial charge >= 0.3 is 0 Å². The van der Waals surface area contributed by atoms with Gasteiger partial charge in [0, 0.05) is 22.6 Å². The van der Waals surface area contributed by atoms with Gasteiger partial charge in [-0.15, -0.1) is 11.3 Å². The van der Waals surface area contributed by atoms with Crippen LogP contribution in [0.3, 0.4) is 0 Å². The maximum Gasteiger partial charge on any atom is 0.203 e. The molecule has 23 heavy (non-hydrogen) atoms. The summed E-state index contributed by atoms with van der Waals surface area (Å²) in [6.45, 7) is 0. The van der Waals surface area contributed by atoms with Gasteiger partial charge in [0.15, 0.2) is 0 Å². The molecular weight excluding hydrogens is 310 g/mol. The van der Waals surface area contributed by atoms with Crippen LogP contribution in [0, 0.1) is 0 Å². The Hall–Kier alpha value is -2.86. The number of hydrogen-bond donors (Lipinski definition) is 2. The second kappa shape index (κ2) is 6.93. The number of rotatable bonds is 5. The number of nitrogens with one attached hydrogen (secondary N) is 1. The molecule has 0 fully saturated rings. The van der Waals surface area contributed by atoms with Crippen LogP contribution in [0.5, 0.6) is 11.5 Å². The van der Waals surface area contributed by atoms with Gasteiger partial charge in [-0.05, 0) is 12.1 Å². The number of nitrogens with zero attached hydrogens (tertiary/aromatic N) is 2. The number of thiazole rings is 1. The van der Waals surface area contributed by atoms with Gasteiger partial charge in [-0.3, -0.25) is 5.43 Å². The summed E-state index contributed by atoms with van der Waals surface area (Å²) in [4.78, 5) is 4.49. The zero-order chi connectivity index (χ0) is 16.1. The van der Waals surface area contributed by atoms with E-state index in [9.17, 15) is 5.11 Å². The number of hydrazone groups is 1. The quantitative estimate of drug-likeness (QED) is 0.550. The van der Waals surface area contributed by atoms with Gasteiger partial charge in [0.05, 0.1) is 19.0 Å². The van der Waals surface area contributed by atoms with Crippen molar-refractivity contribution in [2.75, 3.05) is 12.5 Å². The second-order valence-electron chi connectivity index (χ2n) is 4.70. The van der Waals surface area contributed by atoms with E-state index in [2.05, 4.69) is 15.5 Å². The molecule has 2 aromatic carbocycles. The molecule has 116 valence electrons. The van der Waals surface area contributed by atoms with Gasteiger partial charge in [0.25, 0.3) is 0 Å². The zero-order valence-corrected chi connectivity index (χ0v) is 13.2. The molecule has 0 saturated heterocycles. The van der Waals surface area contributed by atoms with Crippen molar-refractivity contribution in [2.45, 2.75) is 0 Å². The molecule has 5 nitrogen and oxygen atoms in total. The molecule has 2 N–H and O–H groups in total. The Bertz CT molecular complexity index is 816. The largest absolute Gasteiger partial charge is 0.508 e. The van der Waals surface area contributed by atoms with Crippen LogP contribution in [0.4, 0.5) is 5.13 Å². The van der Waals surface area contributed by atoms with Crippen molar-refractivity contribution in [2.24, 2.45) is 5.10 Å². The molecule has 0 atom stereocenters. The predicted octanol–water partition coefficient (Wildman–Crippen LogP) is 3.97. The first kappa shape index (κ1) is 15.1. The molecule has 0 bridgehead atoms. The number of methoxy groups -OCH3 is 1. The third-order valence-electron chi connectivity index (χ3n) is 3.15. The van der Waals surface area contributed by atoms with Crippen molar-refractivity contribution in [3.63, 3.8) is 0 Å². The fraction of sp³-hybridized carbons (Fsp3) is 0.0588. The van der Waals surface area contributed by atoms with Crippen molar-refractivity contribution in [3.05, 3.63) is 59.5 Å². The number of phenols is 1. The number of aromatic nitrogens is 1. The lowest BCUT2D eigenvalue weighted by Gasteiger charge is -2.04. The smallest absolute Gasteiger partial charge is 0.203 e. The Morgan fingerprint density at radius 3 is 2.83 bits per heavy atom. The van der Waals surface area contributed by atoms with Crippen molar-refractivity contribution >= 4 is 22.7 Å². The highest BCUT2D eigenvalue weighted by Gasteiger charge is 2.04. The van der Waals surface area contributed by atoms with Crippen LogP contribution >= 0.6 is 11.3 Å². The van der Waals surface area contributed by atoms with Crippen molar-refractivity contribution in [1.29, 1.82) is 0 Å². The summed E-state index contributed by atoms with van der Waals surface area (Å²) in [6, 6.07) is 14.8. The molecule has 1 aromatic heterocycles. The van der Waals surface area contributed by atoms with Crippen LogP contribution in [0.25, 0.3) is 11.3 Å². The second-order valence-corrected chi connectivity index (χ2v) is 5.56. The van der Waals surface area contributed by atoms with E-state index < -0.39 is 0 Å². The van der Waals surface area contributed by atoms with Crippen LogP contribution in [0.1, 0.15) is 5.56 Å². The number of benzene rings is 2. The van der Waals surface area contributed by atoms with Crippen LogP contribution in [-0.2, 0) is 0 Å². The maximum absolute atomic E-state index is 9.43. The van der Waals surface area contributed by atoms with E-state index in [0.29, 0.717) is 10.9 Å². The van der Waals surface area contributed by atoms with E-state index in [1.807, 2.05) is 35.7 Å². The van der Waals surface area contributed by atoms with Crippen LogP contribution in [-0.4, -0.2) is 23.4 Å². The summed E-state index contributed by atoms with van der Waals surface area (Å²) >= 11 is 1.48. The molecule has 0 aliphatic heterocycles. The molecule has 0 aliphatic rings. The normalized spacial score (nSPS) is 10.8. The standard InChI is InChI=1S/C17H15N3O2S/c1-22-16-9-14(21)8-7-13(16)10-18-20-17-19-15(11-23-17)12-5-3-2-4-6-12/h2-11,21H,1H3,(H,19,20). The minimum atomic E-state index is 0.152. The van der Waals surface area contributed by atoms with Crippen molar-refractivity contribution in [3.8, 4) is 22.8 Å². The Kier molecular flexibility index (Phi) is 4.54. The third kappa shape index (κ3) is 3.67. The first-order chi connectivity index (χ1) is 11.3. The minimum Gasteiger partial charge on any atom is -0.508 e. The topological polar surface area (TPSA) is 66.7 Å². The molecule has 0 radical (unpaired) electrons. The van der Waals surface area contributed by atoms with Gasteiger partial charge < -0.3 is 9.84 Å². The van der Waals surface area contributed by atoms with E-state index in [4.69, 9.17) is 4.74 Å². The van der Waals surface area contributed by atoms with Crippen LogP contribution in [0.15, 0.2) is 59.0 Å². The Morgan fingerprint density at radius 2 is 2.04 bits per heavy atom. The summed E-state index contributed by atoms with van der Waals surface area (Å²) < 4.78 is 5.20. The summed E-state index contributed by atoms with van der Waals surface area (Å²) in [7, 11) is 1.55. The first-order valence-corrected chi connectivity index (χ1v) is 7.81. The zero-order valence-electron chi connectivity index (χ0n) is 12.4. The highest BCUT2D eigenvalue weighted by atomic mass is 32.1. The lowest BCUT2D eigenvalue weighted by molar-refractivity contribution is 0.407. The van der Waals surface area contributed by atoms with Crippen molar-refractivity contribution < 1.29 is 9.84 Å². The van der Waals surface area contributed by atoms with Gasteiger partial charge in [-0.1, -0.05) is 30.3 Å². The van der Waals surface area contributed by atoms with Crippen molar-refractivity contribution in [1.82, 2.24) is 4.98 Å². The molecule has 0 unspecified atom stereocenters. The average molecular weight is 325 g/mol. The first-order valence-electron chi connectivity index (χ1n) is 6.93. The maximum atomic E-state index is 9.43. The van der Waals surface area contributed by atoms with E-state index in [1.54, 1.807) is 25.5 Å². The Morgan fingerprint density at radius 1 is 1.22 bits per heavy atom. The average Bonchev–Trinajstić information content (AvgIpc) is 3.06. The molecule has 0 amide bonds. The van der Waals surface area contributed by atoms with E-state index in [-0.39, 0.29) is 5.75 Å². The minimum absolute atomic E-state index is 0.152. The highest BCUT2D eigenvalue weighted by molar-refractivity contribution is 7.14. The molecular formula is C17H15N3O2S. The lowest BCUT2D eigenvalue weighted by Crippen LogP contribution is -1.93. The number of aromatic hydroxyl groups is 1. The van der Waals surface area contributed by atoms with Crippen LogP contribution in [0.2, 0.25) is 0 Å².